The minimum atomic E-state index is -0.0661. The molecule has 1 aliphatic heterocycles. The molecule has 3 rings (SSSR count). The number of methoxy groups -OCH3 is 1. The summed E-state index contributed by atoms with van der Waals surface area (Å²) in [5.41, 5.74) is 3.22. The number of hydrogen-bond acceptors (Lipinski definition) is 3. The summed E-state index contributed by atoms with van der Waals surface area (Å²) in [4.78, 5) is 16.8. The summed E-state index contributed by atoms with van der Waals surface area (Å²) in [5.74, 6) is 0.732. The molecule has 0 radical (unpaired) electrons. The summed E-state index contributed by atoms with van der Waals surface area (Å²) in [6, 6.07) is 16.2. The Labute approximate surface area is 149 Å². The maximum absolute atomic E-state index is 12.6. The van der Waals surface area contributed by atoms with Crippen molar-refractivity contribution in [1.29, 1.82) is 0 Å². The van der Waals surface area contributed by atoms with Crippen molar-refractivity contribution in [3.05, 3.63) is 54.1 Å². The third-order valence-electron chi connectivity index (χ3n) is 4.60. The SMILES string of the molecule is COc1cccc(NC(=O)N2CCN(c3ccc(C)cc3)C(C)C2)c1. The normalized spacial score (nSPS) is 17.3. The van der Waals surface area contributed by atoms with Gasteiger partial charge in [-0.2, -0.15) is 0 Å². The summed E-state index contributed by atoms with van der Waals surface area (Å²) in [7, 11) is 1.62. The maximum atomic E-state index is 12.6. The van der Waals surface area contributed by atoms with Gasteiger partial charge in [-0.05, 0) is 38.1 Å². The summed E-state index contributed by atoms with van der Waals surface area (Å²) in [6.07, 6.45) is 0. The van der Waals surface area contributed by atoms with Crippen LogP contribution in [-0.4, -0.2) is 43.7 Å². The Hall–Kier alpha value is -2.69. The van der Waals surface area contributed by atoms with Gasteiger partial charge < -0.3 is 19.9 Å². The Balaban J connectivity index is 1.61. The number of nitrogens with one attached hydrogen (secondary N) is 1. The molecule has 0 spiro atoms. The van der Waals surface area contributed by atoms with Crippen LogP contribution in [0, 0.1) is 6.92 Å². The molecule has 5 nitrogen and oxygen atoms in total. The Morgan fingerprint density at radius 2 is 1.92 bits per heavy atom. The highest BCUT2D eigenvalue weighted by Gasteiger charge is 2.26. The van der Waals surface area contributed by atoms with Crippen LogP contribution in [0.3, 0.4) is 0 Å². The van der Waals surface area contributed by atoms with E-state index in [1.807, 2.05) is 29.2 Å². The fourth-order valence-corrected chi connectivity index (χ4v) is 3.17. The smallest absolute Gasteiger partial charge is 0.321 e. The van der Waals surface area contributed by atoms with Crippen LogP contribution in [0.25, 0.3) is 0 Å². The van der Waals surface area contributed by atoms with E-state index in [0.29, 0.717) is 13.1 Å². The molecular weight excluding hydrogens is 314 g/mol. The predicted molar refractivity (Wildman–Crippen MR) is 102 cm³/mol. The first-order valence-corrected chi connectivity index (χ1v) is 8.60. The summed E-state index contributed by atoms with van der Waals surface area (Å²) in [6.45, 7) is 6.48. The van der Waals surface area contributed by atoms with Gasteiger partial charge in [0, 0.05) is 43.1 Å². The van der Waals surface area contributed by atoms with Crippen LogP contribution >= 0.6 is 0 Å². The number of piperazine rings is 1. The lowest BCUT2D eigenvalue weighted by Crippen LogP contribution is -2.54. The summed E-state index contributed by atoms with van der Waals surface area (Å²) < 4.78 is 5.20. The fourth-order valence-electron chi connectivity index (χ4n) is 3.17. The van der Waals surface area contributed by atoms with Gasteiger partial charge >= 0.3 is 6.03 Å². The number of urea groups is 1. The van der Waals surface area contributed by atoms with Crippen molar-refractivity contribution < 1.29 is 9.53 Å². The van der Waals surface area contributed by atoms with Gasteiger partial charge in [0.25, 0.3) is 0 Å². The van der Waals surface area contributed by atoms with Crippen LogP contribution in [0.5, 0.6) is 5.75 Å². The third-order valence-corrected chi connectivity index (χ3v) is 4.60. The highest BCUT2D eigenvalue weighted by atomic mass is 16.5. The number of rotatable bonds is 3. The van der Waals surface area contributed by atoms with E-state index in [4.69, 9.17) is 4.74 Å². The van der Waals surface area contributed by atoms with Gasteiger partial charge in [-0.1, -0.05) is 23.8 Å². The molecule has 5 heteroatoms. The van der Waals surface area contributed by atoms with Crippen molar-refractivity contribution in [3.63, 3.8) is 0 Å². The third kappa shape index (κ3) is 4.05. The lowest BCUT2D eigenvalue weighted by atomic mass is 10.1. The van der Waals surface area contributed by atoms with Crippen LogP contribution in [0.15, 0.2) is 48.5 Å². The molecule has 1 atom stereocenters. The summed E-state index contributed by atoms with van der Waals surface area (Å²) >= 11 is 0. The first kappa shape index (κ1) is 17.1. The molecule has 1 aliphatic rings. The van der Waals surface area contributed by atoms with Crippen LogP contribution in [0.2, 0.25) is 0 Å². The molecule has 0 aromatic heterocycles. The zero-order chi connectivity index (χ0) is 17.8. The van der Waals surface area contributed by atoms with Crippen LogP contribution < -0.4 is 15.0 Å². The molecule has 1 unspecified atom stereocenters. The molecule has 1 saturated heterocycles. The predicted octanol–water partition coefficient (Wildman–Crippen LogP) is 3.75. The number of carbonyl (C=O) groups excluding carboxylic acids is 1. The average Bonchev–Trinajstić information content (AvgIpc) is 2.62. The van der Waals surface area contributed by atoms with E-state index in [-0.39, 0.29) is 12.1 Å². The Morgan fingerprint density at radius 1 is 1.16 bits per heavy atom. The molecule has 2 aromatic rings. The second-order valence-electron chi connectivity index (χ2n) is 6.49. The Morgan fingerprint density at radius 3 is 2.60 bits per heavy atom. The molecule has 0 saturated carbocycles. The van der Waals surface area contributed by atoms with E-state index in [0.717, 1.165) is 18.0 Å². The van der Waals surface area contributed by atoms with Gasteiger partial charge in [0.15, 0.2) is 0 Å². The first-order chi connectivity index (χ1) is 12.1. The largest absolute Gasteiger partial charge is 0.497 e. The standard InChI is InChI=1S/C20H25N3O2/c1-15-7-9-18(10-8-15)23-12-11-22(14-16(23)2)20(24)21-17-5-4-6-19(13-17)25-3/h4-10,13,16H,11-12,14H2,1-3H3,(H,21,24). The average molecular weight is 339 g/mol. The maximum Gasteiger partial charge on any atom is 0.321 e. The first-order valence-electron chi connectivity index (χ1n) is 8.60. The minimum Gasteiger partial charge on any atom is -0.497 e. The van der Waals surface area contributed by atoms with E-state index in [9.17, 15) is 4.79 Å². The fraction of sp³-hybridized carbons (Fsp3) is 0.350. The number of amides is 2. The minimum absolute atomic E-state index is 0.0661. The number of aryl methyl sites for hydroxylation is 1. The number of carbonyl (C=O) groups is 1. The number of hydrogen-bond donors (Lipinski definition) is 1. The zero-order valence-corrected chi connectivity index (χ0v) is 15.0. The highest BCUT2D eigenvalue weighted by Crippen LogP contribution is 2.22. The molecule has 0 aliphatic carbocycles. The summed E-state index contributed by atoms with van der Waals surface area (Å²) in [5, 5.41) is 2.96. The van der Waals surface area contributed by atoms with Gasteiger partial charge in [-0.25, -0.2) is 4.79 Å². The van der Waals surface area contributed by atoms with Crippen molar-refractivity contribution >= 4 is 17.4 Å². The number of ether oxygens (including phenoxy) is 1. The van der Waals surface area contributed by atoms with Gasteiger partial charge in [0.2, 0.25) is 0 Å². The van der Waals surface area contributed by atoms with E-state index in [1.165, 1.54) is 11.3 Å². The van der Waals surface area contributed by atoms with Crippen molar-refractivity contribution in [2.75, 3.05) is 37.0 Å². The Bertz CT molecular complexity index is 730. The van der Waals surface area contributed by atoms with E-state index in [2.05, 4.69) is 48.3 Å². The van der Waals surface area contributed by atoms with E-state index in [1.54, 1.807) is 7.11 Å². The van der Waals surface area contributed by atoms with Crippen LogP contribution in [-0.2, 0) is 0 Å². The Kier molecular flexibility index (Phi) is 5.12. The van der Waals surface area contributed by atoms with Crippen molar-refractivity contribution in [2.24, 2.45) is 0 Å². The van der Waals surface area contributed by atoms with E-state index >= 15 is 0 Å². The topological polar surface area (TPSA) is 44.8 Å². The zero-order valence-electron chi connectivity index (χ0n) is 15.0. The van der Waals surface area contributed by atoms with Crippen LogP contribution in [0.4, 0.5) is 16.2 Å². The monoisotopic (exact) mass is 339 g/mol. The van der Waals surface area contributed by atoms with Gasteiger partial charge in [0.1, 0.15) is 5.75 Å². The number of benzene rings is 2. The molecule has 1 fully saturated rings. The highest BCUT2D eigenvalue weighted by molar-refractivity contribution is 5.89. The molecule has 2 aromatic carbocycles. The second-order valence-corrected chi connectivity index (χ2v) is 6.49. The van der Waals surface area contributed by atoms with Gasteiger partial charge in [-0.15, -0.1) is 0 Å². The molecule has 132 valence electrons. The molecule has 25 heavy (non-hydrogen) atoms. The number of anilines is 2. The van der Waals surface area contributed by atoms with Crippen LogP contribution in [0.1, 0.15) is 12.5 Å². The van der Waals surface area contributed by atoms with Crippen molar-refractivity contribution in [3.8, 4) is 5.75 Å². The lowest BCUT2D eigenvalue weighted by molar-refractivity contribution is 0.200. The lowest BCUT2D eigenvalue weighted by Gasteiger charge is -2.41. The van der Waals surface area contributed by atoms with Crippen molar-refractivity contribution in [2.45, 2.75) is 19.9 Å². The number of nitrogens with zero attached hydrogens (tertiary/aromatic N) is 2. The van der Waals surface area contributed by atoms with Gasteiger partial charge in [0.05, 0.1) is 7.11 Å². The quantitative estimate of drug-likeness (QED) is 0.926. The molecule has 1 N–H and O–H groups in total. The van der Waals surface area contributed by atoms with E-state index < -0.39 is 0 Å². The molecular formula is C20H25N3O2. The van der Waals surface area contributed by atoms with Crippen molar-refractivity contribution in [1.82, 2.24) is 4.90 Å². The second kappa shape index (κ2) is 7.47. The van der Waals surface area contributed by atoms with Gasteiger partial charge in [-0.3, -0.25) is 0 Å². The molecule has 0 bridgehead atoms. The molecule has 2 amide bonds. The molecule has 1 heterocycles.